The summed E-state index contributed by atoms with van der Waals surface area (Å²) in [5, 5.41) is 6.76. The first kappa shape index (κ1) is 44.5. The molecule has 1 aliphatic heterocycles. The summed E-state index contributed by atoms with van der Waals surface area (Å²) in [5.74, 6) is 4.86. The van der Waals surface area contributed by atoms with Crippen LogP contribution < -0.4 is 10.4 Å². The van der Waals surface area contributed by atoms with Crippen LogP contribution in [-0.4, -0.2) is 6.10 Å². The standard InChI is InChI=1S/C97H62O/c1-29-15-16-88(29)45(21-40-50-31(3)64(88)78-83(8)26-42-52-34(6)89(78,73(50)66(40)83)28-82(7)25-43-57(52)58(42)65(43)82)46-20-38-24-87-23-36-14-12-13-35-17-39-54(35)59-53(33(87)5)60(55(36)56(39)59)61-71-74-63-76-86(11,93(46,76)77(63)92(38,74)85(71,10)75(61)87)90-27-49-32(4)95-67(79(90)96(49,90)95)41-22-44-30(2)51-62(81-94(44,95)80(41)98-81)72-69-48-19-37-18-47-68-70(51)84(72,9)97(68,69)91(37,47)48/h16-17,19-21,23-24,26,31,45,48,54,59,66,76,80H,2,12-14,18,25,27-28H2,1,3-11H3. The average Bonchev–Trinajstić information content (AvgIpc) is 1.29. The van der Waals surface area contributed by atoms with Gasteiger partial charge in [-0.1, -0.05) is 124 Å². The summed E-state index contributed by atoms with van der Waals surface area (Å²) in [6.45, 7) is 32.8. The summed E-state index contributed by atoms with van der Waals surface area (Å²) in [5.41, 5.74) is 79.1. The van der Waals surface area contributed by atoms with Crippen LogP contribution in [0.1, 0.15) is 119 Å². The highest BCUT2D eigenvalue weighted by molar-refractivity contribution is 6.09. The molecule has 44 rings (SSSR count). The van der Waals surface area contributed by atoms with Crippen molar-refractivity contribution in [1.29, 1.82) is 0 Å². The second-order valence-corrected chi connectivity index (χ2v) is 41.7. The van der Waals surface area contributed by atoms with E-state index in [0.29, 0.717) is 46.3 Å². The number of benzene rings is 1. The molecule has 0 aromatic heterocycles. The molecular formula is C97H62O. The number of hydrogen-bond donors (Lipinski definition) is 0. The van der Waals surface area contributed by atoms with Crippen molar-refractivity contribution in [2.75, 3.05) is 0 Å². The summed E-state index contributed by atoms with van der Waals surface area (Å²) in [4.78, 5) is 0. The summed E-state index contributed by atoms with van der Waals surface area (Å²) in [7, 11) is 0. The molecule has 24 bridgehead atoms. The Labute approximate surface area is 565 Å². The van der Waals surface area contributed by atoms with Gasteiger partial charge in [-0.25, -0.2) is 0 Å². The first-order valence-electron chi connectivity index (χ1n) is 39.4. The third-order valence-corrected chi connectivity index (χ3v) is 42.7. The predicted octanol–water partition coefficient (Wildman–Crippen LogP) is 16.3. The van der Waals surface area contributed by atoms with E-state index in [4.69, 9.17) is 11.3 Å². The zero-order valence-electron chi connectivity index (χ0n) is 56.8. The van der Waals surface area contributed by atoms with Crippen LogP contribution in [0.2, 0.25) is 0 Å². The van der Waals surface area contributed by atoms with Gasteiger partial charge in [0.2, 0.25) is 0 Å². The summed E-state index contributed by atoms with van der Waals surface area (Å²) < 4.78 is 7.76. The molecular weight excluding hydrogens is 1180 g/mol. The van der Waals surface area contributed by atoms with Gasteiger partial charge in [0.1, 0.15) is 17.3 Å². The Bertz CT molecular complexity index is 7100. The quantitative estimate of drug-likeness (QED) is 0.215. The van der Waals surface area contributed by atoms with Crippen LogP contribution in [0, 0.1) is 133 Å². The molecule has 43 aliphatic carbocycles. The molecule has 0 aromatic rings. The molecule has 24 atom stereocenters. The van der Waals surface area contributed by atoms with Crippen molar-refractivity contribution in [1.82, 2.24) is 0 Å². The molecule has 98 heavy (non-hydrogen) atoms. The van der Waals surface area contributed by atoms with E-state index in [9.17, 15) is 0 Å². The van der Waals surface area contributed by atoms with Gasteiger partial charge >= 0.3 is 0 Å². The molecule has 1 nitrogen and oxygen atoms in total. The molecule has 0 amide bonds. The van der Waals surface area contributed by atoms with Crippen LogP contribution in [0.4, 0.5) is 0 Å². The number of fused-ring (bicyclic) bond motifs is 12. The van der Waals surface area contributed by atoms with Crippen molar-refractivity contribution in [3.05, 3.63) is 305 Å². The lowest BCUT2D eigenvalue weighted by Crippen LogP contribution is -2.90. The van der Waals surface area contributed by atoms with Gasteiger partial charge in [-0.2, -0.15) is 0 Å². The fourth-order valence-corrected chi connectivity index (χ4v) is 41.7. The maximum absolute atomic E-state index is 7.76. The highest BCUT2D eigenvalue weighted by atomic mass is 16.5. The Morgan fingerprint density at radius 3 is 2.40 bits per heavy atom. The van der Waals surface area contributed by atoms with Crippen molar-refractivity contribution in [2.45, 2.75) is 126 Å². The highest BCUT2D eigenvalue weighted by Gasteiger charge is 3.15. The molecule has 1 heterocycles. The minimum absolute atomic E-state index is 0.000607. The van der Waals surface area contributed by atoms with Gasteiger partial charge in [-0.15, -0.1) is 11.5 Å². The lowest BCUT2D eigenvalue weighted by atomic mass is 9.04. The monoisotopic (exact) mass is 1240 g/mol. The first-order valence-corrected chi connectivity index (χ1v) is 39.4. The second kappa shape index (κ2) is 9.90. The summed E-state index contributed by atoms with van der Waals surface area (Å²) in [6, 6.07) is 0. The van der Waals surface area contributed by atoms with E-state index in [1.54, 1.807) is 143 Å². The average molecular weight is 1240 g/mol. The fourth-order valence-electron chi connectivity index (χ4n) is 41.7. The van der Waals surface area contributed by atoms with E-state index < -0.39 is 0 Å². The van der Waals surface area contributed by atoms with E-state index >= 15 is 0 Å². The smallest absolute Gasteiger partial charge is 0.149 e. The van der Waals surface area contributed by atoms with Gasteiger partial charge in [-0.3, -0.25) is 0 Å². The number of hydrogen-bond acceptors (Lipinski definition) is 1. The second-order valence-electron chi connectivity index (χ2n) is 41.7. The molecule has 456 valence electrons. The third-order valence-electron chi connectivity index (χ3n) is 42.7. The van der Waals surface area contributed by atoms with Gasteiger partial charge in [0.15, 0.2) is 0 Å². The van der Waals surface area contributed by atoms with Crippen molar-refractivity contribution in [3.63, 3.8) is 0 Å². The van der Waals surface area contributed by atoms with Gasteiger partial charge < -0.3 is 4.74 Å². The molecule has 24 unspecified atom stereocenters. The Morgan fingerprint density at radius 1 is 0.663 bits per heavy atom. The van der Waals surface area contributed by atoms with Gasteiger partial charge in [0, 0.05) is 112 Å². The normalized spacial score (nSPS) is 59.3. The number of ether oxygens (including phenoxy) is 1. The van der Waals surface area contributed by atoms with Gasteiger partial charge in [-0.05, 0) is 278 Å². The molecule has 10 spiro atoms. The Hall–Kier alpha value is -7.66. The van der Waals surface area contributed by atoms with E-state index in [2.05, 4.69) is 129 Å². The zero-order chi connectivity index (χ0) is 62.3. The number of allylic oxidation sites excluding steroid dienone is 40. The van der Waals surface area contributed by atoms with Crippen LogP contribution in [-0.2, 0) is 16.6 Å². The molecule has 0 radical (unpaired) electrons. The number of rotatable bonds is 2. The summed E-state index contributed by atoms with van der Waals surface area (Å²) >= 11 is 0. The Balaban J connectivity index is 0.610. The van der Waals surface area contributed by atoms with Crippen molar-refractivity contribution in [3.8, 4) is 0 Å². The van der Waals surface area contributed by atoms with Crippen LogP contribution >= 0.6 is 0 Å². The summed E-state index contributed by atoms with van der Waals surface area (Å²) in [6.07, 6.45) is 32.4. The van der Waals surface area contributed by atoms with E-state index in [1.807, 2.05) is 72.5 Å². The van der Waals surface area contributed by atoms with Crippen molar-refractivity contribution in [2.24, 2.45) is 123 Å². The van der Waals surface area contributed by atoms with Gasteiger partial charge in [0.05, 0.1) is 21.7 Å². The first-order chi connectivity index (χ1) is 47.4. The van der Waals surface area contributed by atoms with Crippen LogP contribution in [0.25, 0.3) is 11.6 Å². The minimum atomic E-state index is -0.247. The van der Waals surface area contributed by atoms with Crippen molar-refractivity contribution < 1.29 is 4.74 Å². The molecule has 44 aliphatic rings. The maximum Gasteiger partial charge on any atom is 0.149 e. The zero-order valence-corrected chi connectivity index (χ0v) is 56.8. The molecule has 0 N–H and O–H groups in total. The van der Waals surface area contributed by atoms with Crippen molar-refractivity contribution >= 4 is 11.6 Å². The van der Waals surface area contributed by atoms with Gasteiger partial charge in [0.25, 0.3) is 0 Å². The third kappa shape index (κ3) is 2.37. The van der Waals surface area contributed by atoms with Crippen LogP contribution in [0.5, 0.6) is 0 Å². The van der Waals surface area contributed by atoms with E-state index in [0.717, 1.165) is 0 Å². The molecule has 1 saturated heterocycles. The lowest BCUT2D eigenvalue weighted by Gasteiger charge is -2.97. The van der Waals surface area contributed by atoms with Crippen LogP contribution in [0.3, 0.4) is 0 Å². The Morgan fingerprint density at radius 2 is 1.55 bits per heavy atom. The van der Waals surface area contributed by atoms with E-state index in [-0.39, 0.29) is 87.8 Å². The highest BCUT2D eigenvalue weighted by Crippen LogP contribution is 3.20. The van der Waals surface area contributed by atoms with Crippen LogP contribution in [0.15, 0.2) is 273 Å². The Kier molecular flexibility index (Phi) is 4.49. The lowest BCUT2D eigenvalue weighted by molar-refractivity contribution is -0.180. The maximum atomic E-state index is 7.76. The van der Waals surface area contributed by atoms with E-state index in [1.165, 1.54) is 78.6 Å². The molecule has 10 fully saturated rings. The predicted molar refractivity (Wildman–Crippen MR) is 365 cm³/mol. The minimum Gasteiger partial charge on any atom is -0.486 e. The SMILES string of the molecule is C=C1C2=C=C3C4=C5C6(C7(C)C8C9=C%10C%11%12C(=CC%13%14C=C%15CCCC%16=CC%17=C%18C%15=C(C%15=C%13C%11(C)C%15=C9%12)C(=C%14C)C%18C%16%17)C=C(C9C=C%11C%12=C%13C%11C%11(C)C=c%14c%15c%16c%17c=%15c%14=C(C)C%13(CC%16(C)C%17)C%11=C(C%12C)C9%11C=C=C%11C)C%1087)CC7=C(C)C4(C24C(=C2C1=C1C8=C9CC%10=CC%11C%12=C2C1(C)C8%12C%109%11)OC34)C756. The molecule has 0 aromatic carbocycles. The topological polar surface area (TPSA) is 9.23 Å². The molecule has 1 heteroatoms. The fraction of sp³-hybridized carbons (Fsp3) is 0.423. The molecule has 9 saturated carbocycles. The largest absolute Gasteiger partial charge is 0.486 e.